The summed E-state index contributed by atoms with van der Waals surface area (Å²) in [6.07, 6.45) is 1.51. The number of hydrazone groups is 1. The van der Waals surface area contributed by atoms with Crippen LogP contribution < -0.4 is 19.6 Å². The van der Waals surface area contributed by atoms with Crippen molar-refractivity contribution in [2.45, 2.75) is 6.61 Å². The predicted molar refractivity (Wildman–Crippen MR) is 117 cm³/mol. The number of nitrogens with zero attached hydrogens (tertiary/aromatic N) is 2. The lowest BCUT2D eigenvalue weighted by atomic mass is 10.1. The van der Waals surface area contributed by atoms with E-state index < -0.39 is 5.91 Å². The topological polar surface area (TPSA) is 92.9 Å². The molecule has 0 atom stereocenters. The van der Waals surface area contributed by atoms with Gasteiger partial charge in [-0.25, -0.2) is 5.43 Å². The van der Waals surface area contributed by atoms with Crippen molar-refractivity contribution in [2.75, 3.05) is 14.2 Å². The van der Waals surface area contributed by atoms with Crippen LogP contribution in [0.1, 0.15) is 27.0 Å². The largest absolute Gasteiger partial charge is 0.497 e. The summed E-state index contributed by atoms with van der Waals surface area (Å²) in [4.78, 5) is 12.4. The Balaban J connectivity index is 1.67. The van der Waals surface area contributed by atoms with Crippen LogP contribution in [-0.4, -0.2) is 26.3 Å². The van der Waals surface area contributed by atoms with Gasteiger partial charge in [0.2, 0.25) is 0 Å². The predicted octanol–water partition coefficient (Wildman–Crippen LogP) is 3.92. The number of carbonyl (C=O) groups is 1. The van der Waals surface area contributed by atoms with Gasteiger partial charge in [0.15, 0.2) is 0 Å². The van der Waals surface area contributed by atoms with Gasteiger partial charge in [-0.05, 0) is 42.0 Å². The molecule has 7 heteroatoms. The number of carbonyl (C=O) groups excluding carboxylic acids is 1. The normalized spacial score (nSPS) is 10.4. The minimum atomic E-state index is -0.403. The molecule has 0 aliphatic rings. The number of benzene rings is 3. The van der Waals surface area contributed by atoms with Crippen LogP contribution in [0.3, 0.4) is 0 Å². The Morgan fingerprint density at radius 2 is 1.77 bits per heavy atom. The third kappa shape index (κ3) is 5.84. The Morgan fingerprint density at radius 1 is 1.03 bits per heavy atom. The zero-order chi connectivity index (χ0) is 22.1. The monoisotopic (exact) mass is 415 g/mol. The molecular formula is C24H21N3O4. The van der Waals surface area contributed by atoms with E-state index in [1.54, 1.807) is 30.3 Å². The number of rotatable bonds is 8. The van der Waals surface area contributed by atoms with E-state index in [1.807, 2.05) is 36.4 Å². The molecule has 0 unspecified atom stereocenters. The second kappa shape index (κ2) is 10.5. The molecule has 1 N–H and O–H groups in total. The Bertz CT molecular complexity index is 1110. The van der Waals surface area contributed by atoms with Crippen molar-refractivity contribution < 1.29 is 19.0 Å². The molecule has 0 spiro atoms. The molecule has 7 nitrogen and oxygen atoms in total. The van der Waals surface area contributed by atoms with E-state index in [1.165, 1.54) is 20.4 Å². The van der Waals surface area contributed by atoms with E-state index in [0.29, 0.717) is 40.5 Å². The summed E-state index contributed by atoms with van der Waals surface area (Å²) in [6, 6.07) is 21.5. The van der Waals surface area contributed by atoms with Gasteiger partial charge in [0.25, 0.3) is 5.91 Å². The van der Waals surface area contributed by atoms with Crippen LogP contribution in [0.15, 0.2) is 71.8 Å². The summed E-state index contributed by atoms with van der Waals surface area (Å²) in [5.74, 6) is 1.21. The second-order valence-corrected chi connectivity index (χ2v) is 6.44. The molecule has 1 amide bonds. The summed E-state index contributed by atoms with van der Waals surface area (Å²) in [5, 5.41) is 13.1. The number of ether oxygens (including phenoxy) is 3. The van der Waals surface area contributed by atoms with Gasteiger partial charge in [-0.3, -0.25) is 4.79 Å². The maximum atomic E-state index is 12.4. The molecule has 31 heavy (non-hydrogen) atoms. The van der Waals surface area contributed by atoms with E-state index in [2.05, 4.69) is 16.6 Å². The highest BCUT2D eigenvalue weighted by Crippen LogP contribution is 2.22. The molecule has 0 aliphatic heterocycles. The van der Waals surface area contributed by atoms with Gasteiger partial charge in [0.05, 0.1) is 32.1 Å². The third-order valence-electron chi connectivity index (χ3n) is 4.35. The van der Waals surface area contributed by atoms with Gasteiger partial charge < -0.3 is 14.2 Å². The smallest absolute Gasteiger partial charge is 0.271 e. The second-order valence-electron chi connectivity index (χ2n) is 6.44. The van der Waals surface area contributed by atoms with Gasteiger partial charge in [-0.2, -0.15) is 10.4 Å². The SMILES string of the molecule is COc1cc(OC)cc(C(=O)N/N=C\c2ccccc2OCc2cccc(C#N)c2)c1. The Labute approximate surface area is 180 Å². The maximum absolute atomic E-state index is 12.4. The highest BCUT2D eigenvalue weighted by Gasteiger charge is 2.09. The van der Waals surface area contributed by atoms with Gasteiger partial charge in [-0.1, -0.05) is 24.3 Å². The lowest BCUT2D eigenvalue weighted by molar-refractivity contribution is 0.0954. The number of amides is 1. The van der Waals surface area contributed by atoms with E-state index >= 15 is 0 Å². The van der Waals surface area contributed by atoms with Crippen molar-refractivity contribution in [3.8, 4) is 23.3 Å². The first-order chi connectivity index (χ1) is 15.1. The van der Waals surface area contributed by atoms with Gasteiger partial charge >= 0.3 is 0 Å². The summed E-state index contributed by atoms with van der Waals surface area (Å²) >= 11 is 0. The van der Waals surface area contributed by atoms with Crippen molar-refractivity contribution in [3.05, 3.63) is 89.0 Å². The molecule has 0 radical (unpaired) electrons. The molecule has 3 rings (SSSR count). The highest BCUT2D eigenvalue weighted by molar-refractivity contribution is 5.96. The number of methoxy groups -OCH3 is 2. The van der Waals surface area contributed by atoms with E-state index in [9.17, 15) is 4.79 Å². The van der Waals surface area contributed by atoms with Crippen molar-refractivity contribution in [3.63, 3.8) is 0 Å². The van der Waals surface area contributed by atoms with E-state index in [0.717, 1.165) is 5.56 Å². The number of nitrogens with one attached hydrogen (secondary N) is 1. The number of hydrogen-bond acceptors (Lipinski definition) is 6. The number of para-hydroxylation sites is 1. The zero-order valence-corrected chi connectivity index (χ0v) is 17.2. The molecule has 0 aromatic heterocycles. The van der Waals surface area contributed by atoms with Crippen LogP contribution in [-0.2, 0) is 6.61 Å². The molecule has 0 heterocycles. The van der Waals surface area contributed by atoms with Gasteiger partial charge in [0, 0.05) is 17.2 Å². The van der Waals surface area contributed by atoms with Crippen molar-refractivity contribution in [1.29, 1.82) is 5.26 Å². The average Bonchev–Trinajstić information content (AvgIpc) is 2.83. The summed E-state index contributed by atoms with van der Waals surface area (Å²) < 4.78 is 16.2. The minimum Gasteiger partial charge on any atom is -0.497 e. The molecule has 0 saturated carbocycles. The molecule has 0 aliphatic carbocycles. The van der Waals surface area contributed by atoms with Crippen LogP contribution in [0.5, 0.6) is 17.2 Å². The fourth-order valence-electron chi connectivity index (χ4n) is 2.77. The molecule has 0 saturated heterocycles. The molecule has 156 valence electrons. The molecule has 0 bridgehead atoms. The van der Waals surface area contributed by atoms with E-state index in [4.69, 9.17) is 19.5 Å². The highest BCUT2D eigenvalue weighted by atomic mass is 16.5. The zero-order valence-electron chi connectivity index (χ0n) is 17.2. The standard InChI is InChI=1S/C24H21N3O4/c1-29-21-11-20(12-22(13-21)30-2)24(28)27-26-15-19-8-3-4-9-23(19)31-16-18-7-5-6-17(10-18)14-25/h3-13,15H,16H2,1-2H3,(H,27,28)/b26-15-. The fraction of sp³-hybridized carbons (Fsp3) is 0.125. The van der Waals surface area contributed by atoms with Crippen molar-refractivity contribution >= 4 is 12.1 Å². The summed E-state index contributed by atoms with van der Waals surface area (Å²) in [5.41, 5.74) is 5.00. The fourth-order valence-corrected chi connectivity index (χ4v) is 2.77. The minimum absolute atomic E-state index is 0.302. The van der Waals surface area contributed by atoms with Crippen LogP contribution in [0.25, 0.3) is 0 Å². The Hall–Kier alpha value is -4.31. The van der Waals surface area contributed by atoms with Gasteiger partial charge in [0.1, 0.15) is 23.9 Å². The lowest BCUT2D eigenvalue weighted by Crippen LogP contribution is -2.17. The summed E-state index contributed by atoms with van der Waals surface area (Å²) in [6.45, 7) is 0.302. The number of hydrogen-bond donors (Lipinski definition) is 1. The van der Waals surface area contributed by atoms with Crippen LogP contribution in [0.4, 0.5) is 0 Å². The third-order valence-corrected chi connectivity index (χ3v) is 4.35. The first-order valence-corrected chi connectivity index (χ1v) is 9.40. The first kappa shape index (κ1) is 21.4. The van der Waals surface area contributed by atoms with Crippen LogP contribution in [0, 0.1) is 11.3 Å². The van der Waals surface area contributed by atoms with Crippen LogP contribution in [0.2, 0.25) is 0 Å². The Morgan fingerprint density at radius 3 is 2.48 bits per heavy atom. The number of nitriles is 1. The molecule has 3 aromatic carbocycles. The lowest BCUT2D eigenvalue weighted by Gasteiger charge is -2.09. The average molecular weight is 415 g/mol. The van der Waals surface area contributed by atoms with Crippen molar-refractivity contribution in [1.82, 2.24) is 5.43 Å². The Kier molecular flexibility index (Phi) is 7.22. The quantitative estimate of drug-likeness (QED) is 0.445. The summed E-state index contributed by atoms with van der Waals surface area (Å²) in [7, 11) is 3.03. The van der Waals surface area contributed by atoms with E-state index in [-0.39, 0.29) is 0 Å². The molecular weight excluding hydrogens is 394 g/mol. The molecule has 0 fully saturated rings. The first-order valence-electron chi connectivity index (χ1n) is 9.40. The van der Waals surface area contributed by atoms with Crippen LogP contribution >= 0.6 is 0 Å². The maximum Gasteiger partial charge on any atom is 0.271 e. The van der Waals surface area contributed by atoms with Gasteiger partial charge in [-0.15, -0.1) is 0 Å². The van der Waals surface area contributed by atoms with Crippen molar-refractivity contribution in [2.24, 2.45) is 5.10 Å². The molecule has 3 aromatic rings.